The molecule has 0 fully saturated rings. The Balaban J connectivity index is 0.000000659. The van der Waals surface area contributed by atoms with E-state index in [0.29, 0.717) is 0 Å². The summed E-state index contributed by atoms with van der Waals surface area (Å²) in [6.07, 6.45) is 1.71. The van der Waals surface area contributed by atoms with Gasteiger partial charge in [-0.2, -0.15) is 5.10 Å². The Morgan fingerprint density at radius 3 is 2.33 bits per heavy atom. The third kappa shape index (κ3) is 4.07. The molecule has 0 amide bonds. The van der Waals surface area contributed by atoms with Gasteiger partial charge >= 0.3 is 0 Å². The van der Waals surface area contributed by atoms with Gasteiger partial charge in [-0.05, 0) is 6.92 Å². The van der Waals surface area contributed by atoms with Gasteiger partial charge in [0.25, 0.3) is 0 Å². The molecule has 2 rings (SSSR count). The first-order chi connectivity index (χ1) is 8.83. The molecule has 0 aliphatic carbocycles. The summed E-state index contributed by atoms with van der Waals surface area (Å²) < 4.78 is 0. The Hall–Kier alpha value is -1.49. The molecule has 0 saturated carbocycles. The molecule has 0 aliphatic heterocycles. The van der Waals surface area contributed by atoms with Crippen LogP contribution in [-0.4, -0.2) is 22.2 Å². The van der Waals surface area contributed by atoms with Crippen molar-refractivity contribution in [2.75, 3.05) is 12.4 Å². The maximum absolute atomic E-state index is 4.21. The largest absolute Gasteiger partial charge is 0.387 e. The van der Waals surface area contributed by atoms with E-state index < -0.39 is 0 Å². The Morgan fingerprint density at radius 2 is 1.83 bits per heavy atom. The van der Waals surface area contributed by atoms with E-state index in [-0.39, 0.29) is 0 Å². The Kier molecular flexibility index (Phi) is 8.74. The lowest BCUT2D eigenvalue weighted by molar-refractivity contribution is 1.02. The van der Waals surface area contributed by atoms with E-state index >= 15 is 0 Å². The zero-order valence-electron chi connectivity index (χ0n) is 12.0. The predicted molar refractivity (Wildman–Crippen MR) is 80.1 cm³/mol. The number of thiazole rings is 1. The molecule has 2 aromatic rings. The summed E-state index contributed by atoms with van der Waals surface area (Å²) in [6.45, 7) is 10.0. The number of hydrogen-bond acceptors (Lipinski definition) is 5. The normalized spacial score (nSPS) is 8.56. The van der Waals surface area contributed by atoms with Crippen molar-refractivity contribution in [1.82, 2.24) is 15.2 Å². The third-order valence-electron chi connectivity index (χ3n) is 2.05. The van der Waals surface area contributed by atoms with Crippen molar-refractivity contribution in [3.63, 3.8) is 0 Å². The first-order valence-corrected chi connectivity index (χ1v) is 7.16. The average molecular weight is 266 g/mol. The molecule has 4 nitrogen and oxygen atoms in total. The SMILES string of the molecule is CC.CC.CNc1cnnc(-c2cscn2)c1C. The fourth-order valence-corrected chi connectivity index (χ4v) is 1.81. The highest BCUT2D eigenvalue weighted by molar-refractivity contribution is 7.07. The summed E-state index contributed by atoms with van der Waals surface area (Å²) in [5.41, 5.74) is 5.59. The highest BCUT2D eigenvalue weighted by Crippen LogP contribution is 2.24. The van der Waals surface area contributed by atoms with E-state index in [1.165, 1.54) is 0 Å². The molecule has 0 atom stereocenters. The number of nitrogens with one attached hydrogen (secondary N) is 1. The first-order valence-electron chi connectivity index (χ1n) is 6.21. The Morgan fingerprint density at radius 1 is 1.17 bits per heavy atom. The van der Waals surface area contributed by atoms with Crippen LogP contribution in [0.1, 0.15) is 33.3 Å². The fourth-order valence-electron chi connectivity index (χ4n) is 1.27. The molecule has 1 N–H and O–H groups in total. The Labute approximate surface area is 114 Å². The predicted octanol–water partition coefficient (Wildman–Crippen LogP) is 4.00. The molecule has 0 aliphatic rings. The van der Waals surface area contributed by atoms with Crippen LogP contribution in [-0.2, 0) is 0 Å². The molecule has 2 aromatic heterocycles. The summed E-state index contributed by atoms with van der Waals surface area (Å²) in [4.78, 5) is 4.21. The van der Waals surface area contributed by atoms with Gasteiger partial charge in [0.1, 0.15) is 11.4 Å². The molecular formula is C13H22N4S. The van der Waals surface area contributed by atoms with Crippen LogP contribution >= 0.6 is 11.3 Å². The second kappa shape index (κ2) is 9.53. The maximum atomic E-state index is 4.21. The third-order valence-corrected chi connectivity index (χ3v) is 2.63. The van der Waals surface area contributed by atoms with Crippen LogP contribution in [0.25, 0.3) is 11.4 Å². The van der Waals surface area contributed by atoms with Crippen LogP contribution in [0.2, 0.25) is 0 Å². The van der Waals surface area contributed by atoms with E-state index in [0.717, 1.165) is 22.6 Å². The second-order valence-electron chi connectivity index (χ2n) is 2.86. The number of hydrogen-bond donors (Lipinski definition) is 1. The van der Waals surface area contributed by atoms with Crippen molar-refractivity contribution in [2.45, 2.75) is 34.6 Å². The molecule has 2 heterocycles. The summed E-state index contributed by atoms with van der Waals surface area (Å²) in [7, 11) is 1.87. The summed E-state index contributed by atoms with van der Waals surface area (Å²) in [5.74, 6) is 0. The summed E-state index contributed by atoms with van der Waals surface area (Å²) >= 11 is 1.56. The lowest BCUT2D eigenvalue weighted by atomic mass is 10.2. The molecule has 0 unspecified atom stereocenters. The van der Waals surface area contributed by atoms with Gasteiger partial charge in [-0.3, -0.25) is 0 Å². The molecule has 0 bridgehead atoms. The van der Waals surface area contributed by atoms with Gasteiger partial charge < -0.3 is 5.32 Å². The Bertz CT molecular complexity index is 427. The number of nitrogens with zero attached hydrogens (tertiary/aromatic N) is 3. The van der Waals surface area contributed by atoms with E-state index in [1.54, 1.807) is 23.0 Å². The molecule has 0 radical (unpaired) electrons. The number of rotatable bonds is 2. The van der Waals surface area contributed by atoms with E-state index in [2.05, 4.69) is 20.5 Å². The van der Waals surface area contributed by atoms with Gasteiger partial charge in [-0.15, -0.1) is 16.4 Å². The van der Waals surface area contributed by atoms with E-state index in [9.17, 15) is 0 Å². The molecule has 0 saturated heterocycles. The van der Waals surface area contributed by atoms with Crippen LogP contribution in [0.5, 0.6) is 0 Å². The fraction of sp³-hybridized carbons (Fsp3) is 0.462. The van der Waals surface area contributed by atoms with Crippen LogP contribution in [0.3, 0.4) is 0 Å². The molecular weight excluding hydrogens is 244 g/mol. The second-order valence-corrected chi connectivity index (χ2v) is 3.57. The maximum Gasteiger partial charge on any atom is 0.117 e. The van der Waals surface area contributed by atoms with Crippen molar-refractivity contribution >= 4 is 17.0 Å². The van der Waals surface area contributed by atoms with Crippen LogP contribution in [0, 0.1) is 6.92 Å². The quantitative estimate of drug-likeness (QED) is 0.892. The minimum Gasteiger partial charge on any atom is -0.387 e. The summed E-state index contributed by atoms with van der Waals surface area (Å²) in [5, 5.41) is 13.0. The van der Waals surface area contributed by atoms with Crippen molar-refractivity contribution in [2.24, 2.45) is 0 Å². The van der Waals surface area contributed by atoms with Crippen LogP contribution < -0.4 is 5.32 Å². The standard InChI is InChI=1S/C9H10N4S.2C2H6/c1-6-7(10-2)3-12-13-9(6)8-4-14-5-11-8;2*1-2/h3-5H,1-2H3,(H,10,13);2*1-2H3. The monoisotopic (exact) mass is 266 g/mol. The number of aromatic nitrogens is 3. The molecule has 5 heteroatoms. The highest BCUT2D eigenvalue weighted by Gasteiger charge is 2.08. The van der Waals surface area contributed by atoms with Crippen molar-refractivity contribution in [1.29, 1.82) is 0 Å². The molecule has 18 heavy (non-hydrogen) atoms. The lowest BCUT2D eigenvalue weighted by Crippen LogP contribution is -1.98. The minimum absolute atomic E-state index is 0.845. The molecule has 100 valence electrons. The zero-order valence-corrected chi connectivity index (χ0v) is 12.8. The number of anilines is 1. The molecule has 0 spiro atoms. The van der Waals surface area contributed by atoms with Gasteiger partial charge in [0.2, 0.25) is 0 Å². The minimum atomic E-state index is 0.845. The van der Waals surface area contributed by atoms with Crippen LogP contribution in [0.4, 0.5) is 5.69 Å². The zero-order chi connectivity index (χ0) is 14.0. The van der Waals surface area contributed by atoms with Crippen molar-refractivity contribution in [3.8, 4) is 11.4 Å². The van der Waals surface area contributed by atoms with Crippen LogP contribution in [0.15, 0.2) is 17.1 Å². The van der Waals surface area contributed by atoms with Gasteiger partial charge in [-0.25, -0.2) is 4.98 Å². The van der Waals surface area contributed by atoms with Gasteiger partial charge in [0.05, 0.1) is 17.4 Å². The van der Waals surface area contributed by atoms with Crippen molar-refractivity contribution in [3.05, 3.63) is 22.7 Å². The van der Waals surface area contributed by atoms with E-state index in [4.69, 9.17) is 0 Å². The summed E-state index contributed by atoms with van der Waals surface area (Å²) in [6, 6.07) is 0. The van der Waals surface area contributed by atoms with Crippen molar-refractivity contribution < 1.29 is 0 Å². The van der Waals surface area contributed by atoms with E-state index in [1.807, 2.05) is 47.0 Å². The average Bonchev–Trinajstić information content (AvgIpc) is 2.97. The topological polar surface area (TPSA) is 50.7 Å². The van der Waals surface area contributed by atoms with Gasteiger partial charge in [0, 0.05) is 18.0 Å². The highest BCUT2D eigenvalue weighted by atomic mass is 32.1. The first kappa shape index (κ1) is 16.5. The van der Waals surface area contributed by atoms with Gasteiger partial charge in [0.15, 0.2) is 0 Å². The molecule has 0 aromatic carbocycles. The lowest BCUT2D eigenvalue weighted by Gasteiger charge is -2.06. The van der Waals surface area contributed by atoms with Gasteiger partial charge in [-0.1, -0.05) is 27.7 Å². The smallest absolute Gasteiger partial charge is 0.117 e.